The second-order valence-electron chi connectivity index (χ2n) is 3.54. The van der Waals surface area contributed by atoms with E-state index in [4.69, 9.17) is 26.2 Å². The summed E-state index contributed by atoms with van der Waals surface area (Å²) in [7, 11) is 0. The third kappa shape index (κ3) is 4.91. The molecule has 0 unspecified atom stereocenters. The van der Waals surface area contributed by atoms with E-state index >= 15 is 0 Å². The van der Waals surface area contributed by atoms with Crippen molar-refractivity contribution in [2.75, 3.05) is 26.4 Å². The van der Waals surface area contributed by atoms with Gasteiger partial charge >= 0.3 is 0 Å². The van der Waals surface area contributed by atoms with E-state index in [1.54, 1.807) is 25.1 Å². The van der Waals surface area contributed by atoms with Gasteiger partial charge in [-0.1, -0.05) is 11.6 Å². The van der Waals surface area contributed by atoms with Crippen molar-refractivity contribution in [2.45, 2.75) is 13.0 Å². The molecule has 1 rings (SSSR count). The molecule has 0 fully saturated rings. The Kier molecular flexibility index (Phi) is 6.29. The molecule has 2 N–H and O–H groups in total. The molecule has 0 saturated heterocycles. The van der Waals surface area contributed by atoms with E-state index in [0.717, 1.165) is 0 Å². The molecule has 0 aliphatic carbocycles. The van der Waals surface area contributed by atoms with Gasteiger partial charge in [-0.2, -0.15) is 0 Å². The fourth-order valence-electron chi connectivity index (χ4n) is 1.35. The van der Waals surface area contributed by atoms with Gasteiger partial charge in [-0.25, -0.2) is 0 Å². The lowest BCUT2D eigenvalue weighted by molar-refractivity contribution is 0.0695. The summed E-state index contributed by atoms with van der Waals surface area (Å²) in [5.41, 5.74) is 0.652. The number of rotatable bonds is 7. The van der Waals surface area contributed by atoms with Crippen molar-refractivity contribution in [1.82, 2.24) is 0 Å². The average molecular weight is 261 g/mol. The third-order valence-electron chi connectivity index (χ3n) is 2.14. The topological polar surface area (TPSA) is 58.9 Å². The second kappa shape index (κ2) is 7.50. The number of halogens is 1. The number of aliphatic hydroxyl groups is 2. The fraction of sp³-hybridized carbons (Fsp3) is 0.500. The van der Waals surface area contributed by atoms with Crippen LogP contribution < -0.4 is 4.74 Å². The number of ether oxygens (including phenoxy) is 2. The normalized spacial score (nSPS) is 12.5. The Bertz CT molecular complexity index is 341. The van der Waals surface area contributed by atoms with Crippen LogP contribution in [0.15, 0.2) is 18.2 Å². The van der Waals surface area contributed by atoms with Crippen LogP contribution in [0.25, 0.3) is 0 Å². The molecule has 0 aliphatic heterocycles. The van der Waals surface area contributed by atoms with Gasteiger partial charge in [0.15, 0.2) is 0 Å². The van der Waals surface area contributed by atoms with Gasteiger partial charge in [0.2, 0.25) is 0 Å². The Balaban J connectivity index is 2.52. The van der Waals surface area contributed by atoms with Gasteiger partial charge < -0.3 is 19.7 Å². The van der Waals surface area contributed by atoms with Gasteiger partial charge in [0.25, 0.3) is 0 Å². The van der Waals surface area contributed by atoms with Crippen molar-refractivity contribution in [3.63, 3.8) is 0 Å². The lowest BCUT2D eigenvalue weighted by Gasteiger charge is -2.13. The monoisotopic (exact) mass is 260 g/mol. The zero-order valence-electron chi connectivity index (χ0n) is 9.73. The maximum absolute atomic E-state index is 9.57. The lowest BCUT2D eigenvalue weighted by Crippen LogP contribution is -2.10. The second-order valence-corrected chi connectivity index (χ2v) is 3.98. The summed E-state index contributed by atoms with van der Waals surface area (Å²) in [6.45, 7) is 2.71. The zero-order valence-corrected chi connectivity index (χ0v) is 10.5. The van der Waals surface area contributed by atoms with E-state index in [9.17, 15) is 5.11 Å². The number of aliphatic hydroxyl groups excluding tert-OH is 2. The Morgan fingerprint density at radius 3 is 2.71 bits per heavy atom. The molecule has 0 aliphatic rings. The fourth-order valence-corrected chi connectivity index (χ4v) is 1.53. The van der Waals surface area contributed by atoms with Crippen LogP contribution in [0.3, 0.4) is 0 Å². The van der Waals surface area contributed by atoms with E-state index in [2.05, 4.69) is 0 Å². The van der Waals surface area contributed by atoms with Crippen LogP contribution in [-0.2, 0) is 4.74 Å². The van der Waals surface area contributed by atoms with Gasteiger partial charge in [-0.05, 0) is 25.1 Å². The van der Waals surface area contributed by atoms with Crippen LogP contribution >= 0.6 is 11.6 Å². The summed E-state index contributed by atoms with van der Waals surface area (Å²) in [6.07, 6.45) is -0.637. The van der Waals surface area contributed by atoms with E-state index in [1.165, 1.54) is 0 Å². The molecule has 0 radical (unpaired) electrons. The summed E-state index contributed by atoms with van der Waals surface area (Å²) >= 11 is 5.84. The zero-order chi connectivity index (χ0) is 12.7. The molecule has 4 nitrogen and oxygen atoms in total. The molecule has 5 heteroatoms. The van der Waals surface area contributed by atoms with E-state index in [-0.39, 0.29) is 6.61 Å². The van der Waals surface area contributed by atoms with E-state index < -0.39 is 6.10 Å². The minimum atomic E-state index is -0.637. The Morgan fingerprint density at radius 2 is 2.06 bits per heavy atom. The van der Waals surface area contributed by atoms with Crippen LogP contribution in [0.1, 0.15) is 18.6 Å². The maximum atomic E-state index is 9.57. The van der Waals surface area contributed by atoms with Gasteiger partial charge in [-0.3, -0.25) is 0 Å². The molecule has 96 valence electrons. The number of hydrogen-bond acceptors (Lipinski definition) is 4. The standard InChI is InChI=1S/C12H17ClO4/c1-9(15)11-8-10(13)2-3-12(11)17-7-6-16-5-4-14/h2-3,8-9,14-15H,4-7H2,1H3/t9-/m1/s1. The molecule has 1 aromatic rings. The Hall–Kier alpha value is -0.810. The highest BCUT2D eigenvalue weighted by Crippen LogP contribution is 2.28. The smallest absolute Gasteiger partial charge is 0.125 e. The highest BCUT2D eigenvalue weighted by Gasteiger charge is 2.09. The van der Waals surface area contributed by atoms with Crippen molar-refractivity contribution in [1.29, 1.82) is 0 Å². The van der Waals surface area contributed by atoms with E-state index in [1.807, 2.05) is 0 Å². The molecular formula is C12H17ClO4. The molecule has 0 amide bonds. The molecule has 0 saturated carbocycles. The van der Waals surface area contributed by atoms with Gasteiger partial charge in [0.1, 0.15) is 12.4 Å². The first-order valence-electron chi connectivity index (χ1n) is 5.44. The summed E-state index contributed by atoms with van der Waals surface area (Å²) in [5, 5.41) is 18.6. The van der Waals surface area contributed by atoms with Crippen molar-refractivity contribution >= 4 is 11.6 Å². The molecule has 0 heterocycles. The molecule has 0 bridgehead atoms. The highest BCUT2D eigenvalue weighted by molar-refractivity contribution is 6.30. The molecule has 1 aromatic carbocycles. The predicted molar refractivity (Wildman–Crippen MR) is 65.5 cm³/mol. The first-order valence-corrected chi connectivity index (χ1v) is 5.82. The Labute approximate surface area is 106 Å². The number of hydrogen-bond donors (Lipinski definition) is 2. The molecule has 17 heavy (non-hydrogen) atoms. The quantitative estimate of drug-likeness (QED) is 0.734. The van der Waals surface area contributed by atoms with Crippen LogP contribution in [0.4, 0.5) is 0 Å². The van der Waals surface area contributed by atoms with Gasteiger partial charge in [0, 0.05) is 10.6 Å². The van der Waals surface area contributed by atoms with Crippen molar-refractivity contribution in [3.05, 3.63) is 28.8 Å². The van der Waals surface area contributed by atoms with Crippen LogP contribution in [0.2, 0.25) is 5.02 Å². The summed E-state index contributed by atoms with van der Waals surface area (Å²) in [4.78, 5) is 0. The summed E-state index contributed by atoms with van der Waals surface area (Å²) < 4.78 is 10.5. The molecular weight excluding hydrogens is 244 g/mol. The van der Waals surface area contributed by atoms with Crippen molar-refractivity contribution < 1.29 is 19.7 Å². The first-order chi connectivity index (χ1) is 8.15. The molecule has 1 atom stereocenters. The minimum absolute atomic E-state index is 0.000130. The largest absolute Gasteiger partial charge is 0.491 e. The first kappa shape index (κ1) is 14.3. The van der Waals surface area contributed by atoms with Crippen molar-refractivity contribution in [2.24, 2.45) is 0 Å². The minimum Gasteiger partial charge on any atom is -0.491 e. The van der Waals surface area contributed by atoms with Crippen LogP contribution in [-0.4, -0.2) is 36.6 Å². The highest BCUT2D eigenvalue weighted by atomic mass is 35.5. The lowest BCUT2D eigenvalue weighted by atomic mass is 10.1. The van der Waals surface area contributed by atoms with Crippen LogP contribution in [0, 0.1) is 0 Å². The Morgan fingerprint density at radius 1 is 1.29 bits per heavy atom. The maximum Gasteiger partial charge on any atom is 0.125 e. The van der Waals surface area contributed by atoms with Gasteiger partial charge in [0.05, 0.1) is 25.9 Å². The van der Waals surface area contributed by atoms with Crippen LogP contribution in [0.5, 0.6) is 5.75 Å². The molecule has 0 aromatic heterocycles. The molecule has 0 spiro atoms. The summed E-state index contributed by atoms with van der Waals surface area (Å²) in [5.74, 6) is 0.594. The third-order valence-corrected chi connectivity index (χ3v) is 2.38. The van der Waals surface area contributed by atoms with Gasteiger partial charge in [-0.15, -0.1) is 0 Å². The van der Waals surface area contributed by atoms with Crippen molar-refractivity contribution in [3.8, 4) is 5.75 Å². The summed E-state index contributed by atoms with van der Waals surface area (Å²) in [6, 6.07) is 5.10. The average Bonchev–Trinajstić information content (AvgIpc) is 2.30. The predicted octanol–water partition coefficient (Wildman–Crippen LogP) is 1.78. The SMILES string of the molecule is C[C@@H](O)c1cc(Cl)ccc1OCCOCCO. The number of benzene rings is 1. The van der Waals surface area contributed by atoms with E-state index in [0.29, 0.717) is 36.2 Å².